The summed E-state index contributed by atoms with van der Waals surface area (Å²) in [6.07, 6.45) is 1.42. The lowest BCUT2D eigenvalue weighted by Gasteiger charge is -1.95. The van der Waals surface area contributed by atoms with Crippen molar-refractivity contribution in [1.29, 1.82) is 5.26 Å². The number of furan rings is 1. The van der Waals surface area contributed by atoms with Crippen molar-refractivity contribution in [2.24, 2.45) is 0 Å². The van der Waals surface area contributed by atoms with Gasteiger partial charge in [-0.15, -0.1) is 0 Å². The lowest BCUT2D eigenvalue weighted by molar-refractivity contribution is 0.0661. The fraction of sp³-hybridized carbons (Fsp3) is 0.400. The summed E-state index contributed by atoms with van der Waals surface area (Å²) in [6.45, 7) is 0. The minimum atomic E-state index is -1.05. The zero-order valence-corrected chi connectivity index (χ0v) is 8.92. The van der Waals surface area contributed by atoms with E-state index in [1.807, 2.05) is 0 Å². The van der Waals surface area contributed by atoms with E-state index in [4.69, 9.17) is 14.8 Å². The molecule has 0 aromatic carbocycles. The second-order valence-electron chi connectivity index (χ2n) is 2.89. The predicted octanol–water partition coefficient (Wildman–Crippen LogP) is 2.51. The molecule has 0 saturated heterocycles. The van der Waals surface area contributed by atoms with Crippen molar-refractivity contribution in [2.45, 2.75) is 18.6 Å². The maximum atomic E-state index is 10.5. The summed E-state index contributed by atoms with van der Waals surface area (Å²) in [6, 6.07) is 5.19. The number of carboxylic acids is 1. The van der Waals surface area contributed by atoms with Crippen molar-refractivity contribution in [2.75, 3.05) is 5.75 Å². The van der Waals surface area contributed by atoms with Gasteiger partial charge in [0, 0.05) is 6.42 Å². The number of hydrogen-bond acceptors (Lipinski definition) is 4. The van der Waals surface area contributed by atoms with Gasteiger partial charge in [-0.1, -0.05) is 0 Å². The third kappa shape index (κ3) is 4.09. The van der Waals surface area contributed by atoms with E-state index in [9.17, 15) is 4.79 Å². The van der Waals surface area contributed by atoms with Crippen LogP contribution in [0.5, 0.6) is 0 Å². The fourth-order valence-corrected chi connectivity index (χ4v) is 1.85. The molecule has 1 heterocycles. The number of hydrogen-bond donors (Lipinski definition) is 1. The summed E-state index contributed by atoms with van der Waals surface area (Å²) in [4.78, 5) is 10.5. The van der Waals surface area contributed by atoms with Gasteiger partial charge in [-0.2, -0.15) is 17.0 Å². The van der Waals surface area contributed by atoms with Crippen molar-refractivity contribution in [3.05, 3.63) is 23.7 Å². The summed E-state index contributed by atoms with van der Waals surface area (Å²) in [5.74, 6) is 1.13. The molecule has 0 fully saturated rings. The van der Waals surface area contributed by atoms with Gasteiger partial charge >= 0.3 is 5.97 Å². The zero-order chi connectivity index (χ0) is 11.1. The summed E-state index contributed by atoms with van der Waals surface area (Å²) in [5, 5.41) is 16.9. The Kier molecular flexibility index (Phi) is 4.78. The van der Waals surface area contributed by atoms with Crippen molar-refractivity contribution < 1.29 is 14.3 Å². The molecule has 15 heavy (non-hydrogen) atoms. The molecule has 0 aliphatic heterocycles. The Bertz CT molecular complexity index is 367. The maximum Gasteiger partial charge on any atom is 0.371 e. The van der Waals surface area contributed by atoms with Crippen molar-refractivity contribution >= 4 is 17.7 Å². The van der Waals surface area contributed by atoms with Crippen LogP contribution in [0, 0.1) is 11.3 Å². The first-order valence-corrected chi connectivity index (χ1v) is 5.66. The van der Waals surface area contributed by atoms with Crippen LogP contribution in [0.3, 0.4) is 0 Å². The molecule has 4 nitrogen and oxygen atoms in total. The van der Waals surface area contributed by atoms with Crippen molar-refractivity contribution in [3.8, 4) is 6.07 Å². The molecule has 0 amide bonds. The van der Waals surface area contributed by atoms with Crippen LogP contribution in [0.2, 0.25) is 0 Å². The minimum Gasteiger partial charge on any atom is -0.475 e. The third-order valence-corrected chi connectivity index (χ3v) is 2.76. The summed E-state index contributed by atoms with van der Waals surface area (Å²) in [7, 11) is 0. The molecular weight excluding hydrogens is 214 g/mol. The van der Waals surface area contributed by atoms with Crippen molar-refractivity contribution in [3.63, 3.8) is 0 Å². The van der Waals surface area contributed by atoms with Crippen LogP contribution >= 0.6 is 11.8 Å². The van der Waals surface area contributed by atoms with Crippen LogP contribution in [0.25, 0.3) is 0 Å². The van der Waals surface area contributed by atoms with Gasteiger partial charge in [-0.25, -0.2) is 4.79 Å². The van der Waals surface area contributed by atoms with Gasteiger partial charge in [0.15, 0.2) is 0 Å². The molecule has 0 aliphatic rings. The molecular formula is C10H11NO3S. The van der Waals surface area contributed by atoms with Crippen LogP contribution in [0.15, 0.2) is 16.5 Å². The number of nitriles is 1. The molecule has 1 aromatic rings. The minimum absolute atomic E-state index is 0.0253. The summed E-state index contributed by atoms with van der Waals surface area (Å²) >= 11 is 1.63. The Morgan fingerprint density at radius 1 is 1.60 bits per heavy atom. The molecule has 0 atom stereocenters. The van der Waals surface area contributed by atoms with E-state index in [0.717, 1.165) is 12.2 Å². The highest BCUT2D eigenvalue weighted by atomic mass is 32.2. The Hall–Kier alpha value is -1.41. The van der Waals surface area contributed by atoms with Crippen LogP contribution in [0.4, 0.5) is 0 Å². The molecule has 0 spiro atoms. The first-order chi connectivity index (χ1) is 7.24. The Balaban J connectivity index is 2.26. The summed E-state index contributed by atoms with van der Waals surface area (Å²) in [5.41, 5.74) is 0. The molecule has 1 rings (SSSR count). The molecule has 0 aliphatic carbocycles. The van der Waals surface area contributed by atoms with Crippen LogP contribution in [-0.4, -0.2) is 16.8 Å². The Labute approximate surface area is 91.9 Å². The van der Waals surface area contributed by atoms with Gasteiger partial charge < -0.3 is 9.52 Å². The molecule has 1 aromatic heterocycles. The molecule has 0 unspecified atom stereocenters. The predicted molar refractivity (Wildman–Crippen MR) is 56.7 cm³/mol. The van der Waals surface area contributed by atoms with E-state index < -0.39 is 5.97 Å². The molecule has 0 bridgehead atoms. The summed E-state index contributed by atoms with van der Waals surface area (Å²) < 4.78 is 5.07. The Morgan fingerprint density at radius 3 is 3.00 bits per heavy atom. The number of carboxylic acid groups (broad SMARTS) is 1. The first-order valence-electron chi connectivity index (χ1n) is 4.50. The highest BCUT2D eigenvalue weighted by Crippen LogP contribution is 2.16. The molecule has 1 N–H and O–H groups in total. The number of nitrogens with zero attached hydrogens (tertiary/aromatic N) is 1. The average Bonchev–Trinajstić information content (AvgIpc) is 2.66. The van der Waals surface area contributed by atoms with Crippen molar-refractivity contribution in [1.82, 2.24) is 0 Å². The number of aromatic carboxylic acids is 1. The van der Waals surface area contributed by atoms with Crippen LogP contribution < -0.4 is 0 Å². The van der Waals surface area contributed by atoms with E-state index in [1.165, 1.54) is 6.07 Å². The first kappa shape index (κ1) is 11.7. The third-order valence-electron chi connectivity index (χ3n) is 1.69. The quantitative estimate of drug-likeness (QED) is 0.753. The highest BCUT2D eigenvalue weighted by Gasteiger charge is 2.08. The second-order valence-corrected chi connectivity index (χ2v) is 3.99. The monoisotopic (exact) mass is 225 g/mol. The number of carbonyl (C=O) groups is 1. The van der Waals surface area contributed by atoms with Gasteiger partial charge in [0.1, 0.15) is 5.76 Å². The van der Waals surface area contributed by atoms with E-state index in [0.29, 0.717) is 17.9 Å². The lowest BCUT2D eigenvalue weighted by atomic mass is 10.4. The maximum absolute atomic E-state index is 10.5. The van der Waals surface area contributed by atoms with Gasteiger partial charge in [0.25, 0.3) is 0 Å². The van der Waals surface area contributed by atoms with Crippen LogP contribution in [0.1, 0.15) is 29.2 Å². The van der Waals surface area contributed by atoms with E-state index in [2.05, 4.69) is 6.07 Å². The van der Waals surface area contributed by atoms with Gasteiger partial charge in [-0.3, -0.25) is 0 Å². The van der Waals surface area contributed by atoms with Crippen LogP contribution in [-0.2, 0) is 5.75 Å². The zero-order valence-electron chi connectivity index (χ0n) is 8.10. The van der Waals surface area contributed by atoms with Gasteiger partial charge in [0.2, 0.25) is 5.76 Å². The highest BCUT2D eigenvalue weighted by molar-refractivity contribution is 7.98. The fourth-order valence-electron chi connectivity index (χ4n) is 0.996. The van der Waals surface area contributed by atoms with Gasteiger partial charge in [0.05, 0.1) is 11.8 Å². The molecule has 0 saturated carbocycles. The second kappa shape index (κ2) is 6.14. The largest absolute Gasteiger partial charge is 0.475 e. The normalized spacial score (nSPS) is 9.80. The van der Waals surface area contributed by atoms with Gasteiger partial charge in [-0.05, 0) is 24.3 Å². The molecule has 5 heteroatoms. The van der Waals surface area contributed by atoms with E-state index in [1.54, 1.807) is 17.8 Å². The molecule has 0 radical (unpaired) electrons. The Morgan fingerprint density at radius 2 is 2.40 bits per heavy atom. The SMILES string of the molecule is N#CCCCSCc1ccc(C(=O)O)o1. The van der Waals surface area contributed by atoms with E-state index in [-0.39, 0.29) is 5.76 Å². The smallest absolute Gasteiger partial charge is 0.371 e. The van der Waals surface area contributed by atoms with E-state index >= 15 is 0 Å². The number of thioether (sulfide) groups is 1. The molecule has 80 valence electrons. The average molecular weight is 225 g/mol. The number of rotatable bonds is 6. The standard InChI is InChI=1S/C10H11NO3S/c11-5-1-2-6-15-7-8-3-4-9(14-8)10(12)13/h3-4H,1-2,6-7H2,(H,12,13). The lowest BCUT2D eigenvalue weighted by Crippen LogP contribution is -1.91. The topological polar surface area (TPSA) is 74.2 Å². The number of unbranched alkanes of at least 4 members (excludes halogenated alkanes) is 1.